The number of likely N-dealkylation sites (tertiary alicyclic amines) is 1. The van der Waals surface area contributed by atoms with Crippen molar-refractivity contribution >= 4 is 29.4 Å². The van der Waals surface area contributed by atoms with Gasteiger partial charge in [0.05, 0.1) is 12.2 Å². The molecule has 2 rings (SSSR count). The predicted molar refractivity (Wildman–Crippen MR) is 137 cm³/mol. The Bertz CT molecular complexity index is 829. The van der Waals surface area contributed by atoms with Gasteiger partial charge in [0.25, 0.3) is 0 Å². The number of alkyl halides is 3. The third kappa shape index (κ3) is 11.3. The molecule has 0 bridgehead atoms. The highest BCUT2D eigenvalue weighted by molar-refractivity contribution is 7.99. The van der Waals surface area contributed by atoms with Crippen molar-refractivity contribution in [1.29, 1.82) is 0 Å². The number of Topliss-reactive ketones (excluding diaryl/α,β-unsaturated/α-hetero) is 1. The van der Waals surface area contributed by atoms with Gasteiger partial charge >= 0.3 is 6.18 Å². The molecule has 202 valence electrons. The van der Waals surface area contributed by atoms with Crippen LogP contribution in [0.4, 0.5) is 13.2 Å². The Morgan fingerprint density at radius 1 is 1.11 bits per heavy atom. The lowest BCUT2D eigenvalue weighted by atomic mass is 9.93. The average Bonchev–Trinajstić information content (AvgIpc) is 2.83. The van der Waals surface area contributed by atoms with Gasteiger partial charge in [-0.25, -0.2) is 0 Å². The summed E-state index contributed by atoms with van der Waals surface area (Å²) in [5, 5.41) is 5.72. The van der Waals surface area contributed by atoms with Gasteiger partial charge in [-0.2, -0.15) is 24.9 Å². The second kappa shape index (κ2) is 15.2. The smallest absolute Gasteiger partial charge is 0.354 e. The number of thioether (sulfide) groups is 1. The number of rotatable bonds is 14. The zero-order valence-corrected chi connectivity index (χ0v) is 21.9. The fourth-order valence-electron chi connectivity index (χ4n) is 4.21. The Labute approximate surface area is 216 Å². The molecule has 0 aliphatic carbocycles. The van der Waals surface area contributed by atoms with Crippen LogP contribution in [0.15, 0.2) is 30.3 Å². The van der Waals surface area contributed by atoms with Crippen LogP contribution in [-0.2, 0) is 20.8 Å². The van der Waals surface area contributed by atoms with Gasteiger partial charge in [0.15, 0.2) is 0 Å². The van der Waals surface area contributed by atoms with Gasteiger partial charge in [0, 0.05) is 12.6 Å². The highest BCUT2D eigenvalue weighted by Gasteiger charge is 2.37. The normalized spacial score (nSPS) is 16.1. The van der Waals surface area contributed by atoms with E-state index in [1.807, 2.05) is 30.3 Å². The van der Waals surface area contributed by atoms with Crippen molar-refractivity contribution in [3.05, 3.63) is 35.9 Å². The fraction of sp³-hybridized carbons (Fsp3) is 0.654. The summed E-state index contributed by atoms with van der Waals surface area (Å²) in [6, 6.07) is 8.93. The summed E-state index contributed by atoms with van der Waals surface area (Å²) < 4.78 is 37.1. The van der Waals surface area contributed by atoms with Crippen molar-refractivity contribution in [1.82, 2.24) is 15.5 Å². The van der Waals surface area contributed by atoms with E-state index in [1.54, 1.807) is 0 Å². The largest absolute Gasteiger partial charge is 0.450 e. The van der Waals surface area contributed by atoms with Gasteiger partial charge in [-0.3, -0.25) is 14.4 Å². The zero-order chi connectivity index (χ0) is 26.6. The van der Waals surface area contributed by atoms with Crippen LogP contribution >= 0.6 is 11.8 Å². The van der Waals surface area contributed by atoms with E-state index in [0.717, 1.165) is 49.7 Å². The van der Waals surface area contributed by atoms with Crippen molar-refractivity contribution in [2.45, 2.75) is 70.6 Å². The van der Waals surface area contributed by atoms with Crippen LogP contribution in [0.2, 0.25) is 0 Å². The first-order valence-electron chi connectivity index (χ1n) is 12.6. The molecule has 0 aromatic heterocycles. The van der Waals surface area contributed by atoms with Gasteiger partial charge in [-0.1, -0.05) is 30.3 Å². The van der Waals surface area contributed by atoms with Crippen molar-refractivity contribution in [2.24, 2.45) is 5.92 Å². The summed E-state index contributed by atoms with van der Waals surface area (Å²) in [7, 11) is 0. The number of halogens is 3. The highest BCUT2D eigenvalue weighted by Crippen LogP contribution is 2.22. The summed E-state index contributed by atoms with van der Waals surface area (Å²) in [5.74, 6) is -2.15. The lowest BCUT2D eigenvalue weighted by molar-refractivity contribution is -0.167. The topological polar surface area (TPSA) is 78.5 Å². The van der Waals surface area contributed by atoms with E-state index >= 15 is 0 Å². The Balaban J connectivity index is 1.81. The van der Waals surface area contributed by atoms with Crippen LogP contribution in [0.3, 0.4) is 0 Å². The number of ketones is 1. The van der Waals surface area contributed by atoms with Gasteiger partial charge < -0.3 is 15.5 Å². The Morgan fingerprint density at radius 2 is 1.78 bits per heavy atom. The van der Waals surface area contributed by atoms with E-state index in [4.69, 9.17) is 0 Å². The summed E-state index contributed by atoms with van der Waals surface area (Å²) >= 11 is 0.884. The maximum absolute atomic E-state index is 12.9. The number of benzene rings is 1. The molecule has 1 heterocycles. The van der Waals surface area contributed by atoms with Crippen molar-refractivity contribution < 1.29 is 27.6 Å². The summed E-state index contributed by atoms with van der Waals surface area (Å²) in [5.41, 5.74) is 0.822. The van der Waals surface area contributed by atoms with E-state index in [-0.39, 0.29) is 30.4 Å². The Hall–Kier alpha value is -2.07. The molecule has 1 fully saturated rings. The average molecular weight is 530 g/mol. The third-order valence-corrected chi connectivity index (χ3v) is 7.46. The number of nitrogens with zero attached hydrogens (tertiary/aromatic N) is 1. The fourth-order valence-corrected chi connectivity index (χ4v) is 5.08. The van der Waals surface area contributed by atoms with Gasteiger partial charge in [-0.15, -0.1) is 0 Å². The molecule has 1 aliphatic rings. The Kier molecular flexibility index (Phi) is 12.8. The molecule has 2 amide bonds. The number of hydrogen-bond donors (Lipinski definition) is 2. The molecular formula is C26H38F3N3O3S. The summed E-state index contributed by atoms with van der Waals surface area (Å²) in [6.45, 7) is 7.02. The molecule has 1 aromatic rings. The number of carbonyl (C=O) groups excluding carboxylic acids is 3. The van der Waals surface area contributed by atoms with Gasteiger partial charge in [0.2, 0.25) is 17.6 Å². The van der Waals surface area contributed by atoms with Crippen molar-refractivity contribution in [3.8, 4) is 0 Å². The van der Waals surface area contributed by atoms with Crippen LogP contribution in [0.25, 0.3) is 0 Å². The van der Waals surface area contributed by atoms with E-state index in [9.17, 15) is 27.6 Å². The molecule has 10 heteroatoms. The quantitative estimate of drug-likeness (QED) is 0.357. The monoisotopic (exact) mass is 529 g/mol. The first kappa shape index (κ1) is 30.2. The second-order valence-corrected chi connectivity index (χ2v) is 10.7. The number of hydrogen-bond acceptors (Lipinski definition) is 5. The summed E-state index contributed by atoms with van der Waals surface area (Å²) in [4.78, 5) is 38.9. The Morgan fingerprint density at radius 3 is 2.39 bits per heavy atom. The molecule has 1 aromatic carbocycles. The zero-order valence-electron chi connectivity index (χ0n) is 21.1. The molecule has 0 saturated carbocycles. The molecule has 1 atom stereocenters. The molecule has 0 spiro atoms. The minimum atomic E-state index is -4.83. The first-order chi connectivity index (χ1) is 17.1. The van der Waals surface area contributed by atoms with Crippen LogP contribution in [0.1, 0.15) is 51.5 Å². The lowest BCUT2D eigenvalue weighted by Gasteiger charge is -2.34. The SMILES string of the molecule is CC(C)N1CCC(CCNC(=O)[C@H](CCCSCC(=O)C(F)(F)F)NC(=O)Cc2ccccc2)CC1. The predicted octanol–water partition coefficient (Wildman–Crippen LogP) is 3.99. The summed E-state index contributed by atoms with van der Waals surface area (Å²) in [6.07, 6.45) is -0.949. The molecule has 1 saturated heterocycles. The van der Waals surface area contributed by atoms with Crippen molar-refractivity contribution in [3.63, 3.8) is 0 Å². The third-order valence-electron chi connectivity index (χ3n) is 6.42. The number of carbonyl (C=O) groups is 3. The molecular weight excluding hydrogens is 491 g/mol. The van der Waals surface area contributed by atoms with Crippen molar-refractivity contribution in [2.75, 3.05) is 31.1 Å². The number of amides is 2. The minimum Gasteiger partial charge on any atom is -0.354 e. The standard InChI is InChI=1S/C26H38F3N3O3S/c1-19(2)32-14-11-20(12-15-32)10-13-30-25(35)22(9-6-16-36-18-23(33)26(27,28)29)31-24(34)17-21-7-4-3-5-8-21/h3-5,7-8,19-20,22H,6,9-18H2,1-2H3,(H,30,35)(H,31,34)/t22-/m0/s1. The van der Waals surface area contributed by atoms with E-state index < -0.39 is 23.8 Å². The highest BCUT2D eigenvalue weighted by atomic mass is 32.2. The van der Waals surface area contributed by atoms with Crippen LogP contribution < -0.4 is 10.6 Å². The number of nitrogens with one attached hydrogen (secondary N) is 2. The van der Waals surface area contributed by atoms with E-state index in [0.29, 0.717) is 24.9 Å². The van der Waals surface area contributed by atoms with E-state index in [1.165, 1.54) is 0 Å². The molecule has 0 radical (unpaired) electrons. The van der Waals surface area contributed by atoms with E-state index in [2.05, 4.69) is 29.4 Å². The molecule has 36 heavy (non-hydrogen) atoms. The van der Waals surface area contributed by atoms with Gasteiger partial charge in [0.1, 0.15) is 6.04 Å². The maximum Gasteiger partial charge on any atom is 0.450 e. The number of piperidine rings is 1. The molecule has 0 unspecified atom stereocenters. The molecule has 2 N–H and O–H groups in total. The van der Waals surface area contributed by atoms with Crippen LogP contribution in [-0.4, -0.2) is 71.9 Å². The molecule has 6 nitrogen and oxygen atoms in total. The molecule has 1 aliphatic heterocycles. The lowest BCUT2D eigenvalue weighted by Crippen LogP contribution is -2.47. The maximum atomic E-state index is 12.9. The minimum absolute atomic E-state index is 0.133. The van der Waals surface area contributed by atoms with Gasteiger partial charge in [-0.05, 0) is 76.3 Å². The van der Waals surface area contributed by atoms with Crippen LogP contribution in [0.5, 0.6) is 0 Å². The second-order valence-electron chi connectivity index (χ2n) is 9.55. The van der Waals surface area contributed by atoms with Crippen LogP contribution in [0, 0.1) is 5.92 Å². The first-order valence-corrected chi connectivity index (χ1v) is 13.7.